The third kappa shape index (κ3) is 5.27. The second-order valence-electron chi connectivity index (χ2n) is 4.09. The molecule has 0 fully saturated rings. The number of halogens is 1. The van der Waals surface area contributed by atoms with Gasteiger partial charge in [0.2, 0.25) is 0 Å². The Hall–Kier alpha value is -2.08. The number of hydrogen-bond acceptors (Lipinski definition) is 3. The molecule has 1 amide bonds. The van der Waals surface area contributed by atoms with E-state index in [-0.39, 0.29) is 25.9 Å². The number of amides is 1. The van der Waals surface area contributed by atoms with Crippen LogP contribution in [0.4, 0.5) is 0 Å². The normalized spacial score (nSPS) is 10.1. The highest BCUT2D eigenvalue weighted by atomic mass is 35.5. The number of carboxylic acid groups (broad SMARTS) is 2. The molecule has 0 unspecified atom stereocenters. The molecule has 6 nitrogen and oxygen atoms in total. The minimum atomic E-state index is -1.05. The van der Waals surface area contributed by atoms with Crippen LogP contribution in [-0.4, -0.2) is 46.0 Å². The molecule has 0 aliphatic carbocycles. The van der Waals surface area contributed by atoms with Crippen LogP contribution in [0.5, 0.6) is 0 Å². The molecule has 0 spiro atoms. The van der Waals surface area contributed by atoms with Crippen LogP contribution in [0, 0.1) is 0 Å². The smallest absolute Gasteiger partial charge is 0.305 e. The number of carboxylic acids is 2. The average molecular weight is 300 g/mol. The first-order chi connectivity index (χ1) is 9.40. The lowest BCUT2D eigenvalue weighted by Crippen LogP contribution is -2.34. The van der Waals surface area contributed by atoms with Crippen LogP contribution in [-0.2, 0) is 9.59 Å². The summed E-state index contributed by atoms with van der Waals surface area (Å²) >= 11 is 5.79. The molecule has 0 heterocycles. The molecule has 2 N–H and O–H groups in total. The summed E-state index contributed by atoms with van der Waals surface area (Å²) < 4.78 is 0. The molecule has 108 valence electrons. The van der Waals surface area contributed by atoms with E-state index in [9.17, 15) is 14.4 Å². The highest BCUT2D eigenvalue weighted by Gasteiger charge is 2.18. The molecule has 1 rings (SSSR count). The minimum Gasteiger partial charge on any atom is -0.481 e. The number of hydrogen-bond donors (Lipinski definition) is 2. The topological polar surface area (TPSA) is 94.9 Å². The fourth-order valence-corrected chi connectivity index (χ4v) is 1.77. The van der Waals surface area contributed by atoms with Crippen molar-refractivity contribution >= 4 is 29.4 Å². The van der Waals surface area contributed by atoms with Crippen LogP contribution >= 0.6 is 11.6 Å². The molecule has 1 aromatic rings. The highest BCUT2D eigenvalue weighted by molar-refractivity contribution is 6.30. The highest BCUT2D eigenvalue weighted by Crippen LogP contribution is 2.13. The van der Waals surface area contributed by atoms with Gasteiger partial charge in [-0.25, -0.2) is 0 Å². The summed E-state index contributed by atoms with van der Waals surface area (Å²) in [5.41, 5.74) is 0.299. The summed E-state index contributed by atoms with van der Waals surface area (Å²) in [5.74, 6) is -2.54. The Kier molecular flexibility index (Phi) is 5.99. The Labute approximate surface area is 120 Å². The molecule has 0 bridgehead atoms. The minimum absolute atomic E-state index is 0.0477. The van der Waals surface area contributed by atoms with E-state index in [1.165, 1.54) is 11.0 Å². The number of nitrogens with zero attached hydrogens (tertiary/aromatic N) is 1. The molecule has 0 aliphatic rings. The summed E-state index contributed by atoms with van der Waals surface area (Å²) in [6.07, 6.45) is -0.488. The molecule has 20 heavy (non-hydrogen) atoms. The molecular weight excluding hydrogens is 286 g/mol. The second-order valence-corrected chi connectivity index (χ2v) is 4.53. The van der Waals surface area contributed by atoms with Crippen LogP contribution in [0.3, 0.4) is 0 Å². The summed E-state index contributed by atoms with van der Waals surface area (Å²) in [6.45, 7) is -0.0953. The van der Waals surface area contributed by atoms with Gasteiger partial charge in [-0.15, -0.1) is 0 Å². The maximum Gasteiger partial charge on any atom is 0.305 e. The van der Waals surface area contributed by atoms with Crippen LogP contribution in [0.1, 0.15) is 23.2 Å². The van der Waals surface area contributed by atoms with Gasteiger partial charge in [0.05, 0.1) is 12.8 Å². The van der Waals surface area contributed by atoms with Crippen molar-refractivity contribution in [2.45, 2.75) is 12.8 Å². The Bertz CT molecular complexity index is 499. The van der Waals surface area contributed by atoms with E-state index in [1.54, 1.807) is 18.2 Å². The first kappa shape index (κ1) is 16.0. The molecule has 0 atom stereocenters. The van der Waals surface area contributed by atoms with Gasteiger partial charge in [-0.2, -0.15) is 0 Å². The quantitative estimate of drug-likeness (QED) is 0.799. The Morgan fingerprint density at radius 2 is 1.60 bits per heavy atom. The molecule has 0 aliphatic heterocycles. The summed E-state index contributed by atoms with van der Waals surface area (Å²) in [5, 5.41) is 17.7. The third-order valence-electron chi connectivity index (χ3n) is 2.55. The maximum absolute atomic E-state index is 12.2. The average Bonchev–Trinajstić information content (AvgIpc) is 2.37. The van der Waals surface area contributed by atoms with Crippen LogP contribution in [0.25, 0.3) is 0 Å². The van der Waals surface area contributed by atoms with Gasteiger partial charge in [-0.3, -0.25) is 14.4 Å². The van der Waals surface area contributed by atoms with E-state index >= 15 is 0 Å². The molecule has 0 saturated carbocycles. The standard InChI is InChI=1S/C13H14ClNO5/c14-10-3-1-2-9(8-10)13(20)15(6-4-11(16)17)7-5-12(18)19/h1-3,8H,4-7H2,(H,16,17)(H,18,19). The van der Waals surface area contributed by atoms with Gasteiger partial charge in [-0.1, -0.05) is 17.7 Å². The molecule has 7 heteroatoms. The van der Waals surface area contributed by atoms with Gasteiger partial charge in [0.1, 0.15) is 0 Å². The summed E-state index contributed by atoms with van der Waals surface area (Å²) in [6, 6.07) is 6.21. The van der Waals surface area contributed by atoms with E-state index in [1.807, 2.05) is 0 Å². The Morgan fingerprint density at radius 3 is 2.05 bits per heavy atom. The predicted octanol–water partition coefficient (Wildman–Crippen LogP) is 1.73. The van der Waals surface area contributed by atoms with Gasteiger partial charge >= 0.3 is 11.9 Å². The van der Waals surface area contributed by atoms with Crippen molar-refractivity contribution in [3.8, 4) is 0 Å². The first-order valence-corrected chi connectivity index (χ1v) is 6.26. The third-order valence-corrected chi connectivity index (χ3v) is 2.79. The van der Waals surface area contributed by atoms with Crippen LogP contribution in [0.15, 0.2) is 24.3 Å². The van der Waals surface area contributed by atoms with Crippen molar-refractivity contribution in [1.29, 1.82) is 0 Å². The van der Waals surface area contributed by atoms with Crippen molar-refractivity contribution in [2.75, 3.05) is 13.1 Å². The van der Waals surface area contributed by atoms with E-state index in [0.29, 0.717) is 10.6 Å². The van der Waals surface area contributed by atoms with E-state index in [0.717, 1.165) is 0 Å². The maximum atomic E-state index is 12.2. The molecular formula is C13H14ClNO5. The Morgan fingerprint density at radius 1 is 1.05 bits per heavy atom. The van der Waals surface area contributed by atoms with Gasteiger partial charge in [0.25, 0.3) is 5.91 Å². The van der Waals surface area contributed by atoms with Crippen molar-refractivity contribution < 1.29 is 24.6 Å². The van der Waals surface area contributed by atoms with E-state index in [2.05, 4.69) is 0 Å². The molecule has 0 aromatic heterocycles. The first-order valence-electron chi connectivity index (χ1n) is 5.88. The molecule has 0 radical (unpaired) electrons. The zero-order valence-corrected chi connectivity index (χ0v) is 11.3. The summed E-state index contributed by atoms with van der Waals surface area (Å²) in [4.78, 5) is 34.6. The SMILES string of the molecule is O=C(O)CCN(CCC(=O)O)C(=O)c1cccc(Cl)c1. The van der Waals surface area contributed by atoms with E-state index < -0.39 is 17.8 Å². The zero-order chi connectivity index (χ0) is 15.1. The largest absolute Gasteiger partial charge is 0.481 e. The lowest BCUT2D eigenvalue weighted by atomic mass is 10.2. The van der Waals surface area contributed by atoms with Crippen molar-refractivity contribution in [3.63, 3.8) is 0 Å². The van der Waals surface area contributed by atoms with Crippen LogP contribution in [0.2, 0.25) is 5.02 Å². The molecule has 1 aromatic carbocycles. The lowest BCUT2D eigenvalue weighted by Gasteiger charge is -2.21. The van der Waals surface area contributed by atoms with Gasteiger partial charge in [0.15, 0.2) is 0 Å². The lowest BCUT2D eigenvalue weighted by molar-refractivity contribution is -0.137. The second kappa shape index (κ2) is 7.49. The Balaban J connectivity index is 2.81. The van der Waals surface area contributed by atoms with E-state index in [4.69, 9.17) is 21.8 Å². The predicted molar refractivity (Wildman–Crippen MR) is 71.9 cm³/mol. The van der Waals surface area contributed by atoms with Crippen LogP contribution < -0.4 is 0 Å². The summed E-state index contributed by atoms with van der Waals surface area (Å²) in [7, 11) is 0. The number of benzene rings is 1. The zero-order valence-electron chi connectivity index (χ0n) is 10.6. The fraction of sp³-hybridized carbons (Fsp3) is 0.308. The number of rotatable bonds is 7. The fourth-order valence-electron chi connectivity index (χ4n) is 1.58. The van der Waals surface area contributed by atoms with Gasteiger partial charge in [0, 0.05) is 23.7 Å². The van der Waals surface area contributed by atoms with Crippen molar-refractivity contribution in [2.24, 2.45) is 0 Å². The number of carbonyl (C=O) groups is 3. The monoisotopic (exact) mass is 299 g/mol. The number of aliphatic carboxylic acids is 2. The molecule has 0 saturated heterocycles. The number of carbonyl (C=O) groups excluding carboxylic acids is 1. The van der Waals surface area contributed by atoms with Gasteiger partial charge < -0.3 is 15.1 Å². The van der Waals surface area contributed by atoms with Gasteiger partial charge in [-0.05, 0) is 18.2 Å². The van der Waals surface area contributed by atoms with Crippen molar-refractivity contribution in [1.82, 2.24) is 4.90 Å². The van der Waals surface area contributed by atoms with Crippen molar-refractivity contribution in [3.05, 3.63) is 34.9 Å².